The smallest absolute Gasteiger partial charge is 0.210 e. The zero-order valence-electron chi connectivity index (χ0n) is 17.7. The largest absolute Gasteiger partial charge is 0.490 e. The van der Waals surface area contributed by atoms with Crippen LogP contribution in [0.15, 0.2) is 58.3 Å². The molecule has 0 aliphatic heterocycles. The zero-order chi connectivity index (χ0) is 21.0. The van der Waals surface area contributed by atoms with Gasteiger partial charge in [0.25, 0.3) is 0 Å². The van der Waals surface area contributed by atoms with Gasteiger partial charge >= 0.3 is 0 Å². The monoisotopic (exact) mass is 418 g/mol. The first-order valence-electron chi connectivity index (χ1n) is 10.8. The van der Waals surface area contributed by atoms with E-state index in [0.717, 1.165) is 44.9 Å². The molecule has 0 N–H and O–H groups in total. The Morgan fingerprint density at radius 2 is 1.31 bits per heavy atom. The Bertz CT molecular complexity index is 816. The van der Waals surface area contributed by atoms with E-state index in [-0.39, 0.29) is 9.79 Å². The van der Waals surface area contributed by atoms with Gasteiger partial charge in [-0.25, -0.2) is 8.42 Å². The van der Waals surface area contributed by atoms with Gasteiger partial charge in [-0.3, -0.25) is 0 Å². The lowest BCUT2D eigenvalue weighted by molar-refractivity contribution is 0.253. The summed E-state index contributed by atoms with van der Waals surface area (Å²) < 4.78 is 38.4. The van der Waals surface area contributed by atoms with Crippen molar-refractivity contribution in [1.82, 2.24) is 0 Å². The van der Waals surface area contributed by atoms with Gasteiger partial charge in [0, 0.05) is 0 Å². The summed E-state index contributed by atoms with van der Waals surface area (Å²) in [6.07, 6.45) is 8.63. The molecule has 0 heterocycles. The molecule has 4 nitrogen and oxygen atoms in total. The van der Waals surface area contributed by atoms with Crippen molar-refractivity contribution in [3.8, 4) is 11.5 Å². The van der Waals surface area contributed by atoms with Crippen molar-refractivity contribution in [2.75, 3.05) is 13.2 Å². The van der Waals surface area contributed by atoms with Crippen LogP contribution in [0.1, 0.15) is 65.2 Å². The van der Waals surface area contributed by atoms with Crippen LogP contribution in [0.5, 0.6) is 11.5 Å². The maximum atomic E-state index is 13.2. The second-order valence-electron chi connectivity index (χ2n) is 7.22. The van der Waals surface area contributed by atoms with Crippen molar-refractivity contribution >= 4 is 9.84 Å². The number of unbranched alkanes of at least 4 members (excludes halogenated alkanes) is 6. The van der Waals surface area contributed by atoms with Crippen molar-refractivity contribution in [3.05, 3.63) is 48.5 Å². The lowest BCUT2D eigenvalue weighted by Gasteiger charge is -2.17. The third-order valence-corrected chi connectivity index (χ3v) is 6.58. The molecule has 0 unspecified atom stereocenters. The molecule has 2 rings (SSSR count). The minimum absolute atomic E-state index is 0.172. The van der Waals surface area contributed by atoms with Crippen molar-refractivity contribution < 1.29 is 17.9 Å². The first-order chi connectivity index (χ1) is 14.1. The average Bonchev–Trinajstić information content (AvgIpc) is 2.74. The summed E-state index contributed by atoms with van der Waals surface area (Å²) >= 11 is 0. The topological polar surface area (TPSA) is 52.6 Å². The Morgan fingerprint density at radius 3 is 1.93 bits per heavy atom. The lowest BCUT2D eigenvalue weighted by Crippen LogP contribution is -2.09. The van der Waals surface area contributed by atoms with Crippen LogP contribution in [-0.2, 0) is 9.84 Å². The highest BCUT2D eigenvalue weighted by atomic mass is 32.2. The van der Waals surface area contributed by atoms with Gasteiger partial charge in [0.05, 0.1) is 18.1 Å². The third kappa shape index (κ3) is 7.07. The molecule has 0 bridgehead atoms. The van der Waals surface area contributed by atoms with Crippen LogP contribution in [0.3, 0.4) is 0 Å². The minimum atomic E-state index is -3.68. The van der Waals surface area contributed by atoms with E-state index in [0.29, 0.717) is 24.7 Å². The molecule has 0 saturated carbocycles. The molecule has 0 aliphatic carbocycles. The fourth-order valence-corrected chi connectivity index (χ4v) is 4.53. The lowest BCUT2D eigenvalue weighted by atomic mass is 10.2. The van der Waals surface area contributed by atoms with E-state index in [1.165, 1.54) is 6.42 Å². The highest BCUT2D eigenvalue weighted by Gasteiger charge is 2.25. The summed E-state index contributed by atoms with van der Waals surface area (Å²) in [4.78, 5) is 0.432. The molecule has 0 aromatic heterocycles. The molecular weight excluding hydrogens is 384 g/mol. The highest BCUT2D eigenvalue weighted by molar-refractivity contribution is 7.91. The van der Waals surface area contributed by atoms with Crippen LogP contribution < -0.4 is 9.47 Å². The quantitative estimate of drug-likeness (QED) is 0.331. The predicted molar refractivity (Wildman–Crippen MR) is 118 cm³/mol. The number of hydrogen-bond donors (Lipinski definition) is 0. The first kappa shape index (κ1) is 23.3. The number of ether oxygens (including phenoxy) is 2. The summed E-state index contributed by atoms with van der Waals surface area (Å²) in [7, 11) is -3.68. The molecule has 0 saturated heterocycles. The summed E-state index contributed by atoms with van der Waals surface area (Å²) in [5.74, 6) is 0.845. The predicted octanol–water partition coefficient (Wildman–Crippen LogP) is 6.44. The van der Waals surface area contributed by atoms with Crippen LogP contribution in [-0.4, -0.2) is 21.6 Å². The maximum Gasteiger partial charge on any atom is 0.210 e. The number of hydrogen-bond acceptors (Lipinski definition) is 4. The van der Waals surface area contributed by atoms with Gasteiger partial charge < -0.3 is 9.47 Å². The Labute approximate surface area is 176 Å². The fourth-order valence-electron chi connectivity index (χ4n) is 3.10. The summed E-state index contributed by atoms with van der Waals surface area (Å²) in [6.45, 7) is 5.37. The van der Waals surface area contributed by atoms with Gasteiger partial charge in [0.2, 0.25) is 9.84 Å². The Hall–Kier alpha value is -2.01. The van der Waals surface area contributed by atoms with Crippen LogP contribution in [0.2, 0.25) is 0 Å². The van der Waals surface area contributed by atoms with Crippen molar-refractivity contribution in [3.63, 3.8) is 0 Å². The molecule has 0 fully saturated rings. The molecule has 0 aliphatic rings. The summed E-state index contributed by atoms with van der Waals surface area (Å²) in [6, 6.07) is 13.6. The molecule has 0 radical (unpaired) electrons. The van der Waals surface area contributed by atoms with Crippen molar-refractivity contribution in [1.29, 1.82) is 0 Å². The van der Waals surface area contributed by atoms with Crippen molar-refractivity contribution in [2.45, 2.75) is 75.0 Å². The fraction of sp³-hybridized carbons (Fsp3) is 0.500. The number of para-hydroxylation sites is 1. The molecule has 5 heteroatoms. The van der Waals surface area contributed by atoms with Crippen LogP contribution in [0, 0.1) is 0 Å². The maximum absolute atomic E-state index is 13.2. The number of rotatable bonds is 14. The Balaban J connectivity index is 2.25. The van der Waals surface area contributed by atoms with Crippen molar-refractivity contribution in [2.24, 2.45) is 0 Å². The van der Waals surface area contributed by atoms with E-state index in [1.54, 1.807) is 48.5 Å². The summed E-state index contributed by atoms with van der Waals surface area (Å²) in [5, 5.41) is 0. The van der Waals surface area contributed by atoms with Gasteiger partial charge in [-0.15, -0.1) is 0 Å². The number of sulfone groups is 1. The molecule has 0 atom stereocenters. The van der Waals surface area contributed by atoms with Gasteiger partial charge in [-0.1, -0.05) is 76.6 Å². The summed E-state index contributed by atoms with van der Waals surface area (Å²) in [5.41, 5.74) is 0. The molecule has 160 valence electrons. The second kappa shape index (κ2) is 12.5. The van der Waals surface area contributed by atoms with E-state index in [2.05, 4.69) is 13.8 Å². The van der Waals surface area contributed by atoms with E-state index >= 15 is 0 Å². The molecular formula is C24H34O4S. The normalized spacial score (nSPS) is 11.4. The van der Waals surface area contributed by atoms with E-state index in [1.807, 2.05) is 0 Å². The zero-order valence-corrected chi connectivity index (χ0v) is 18.5. The van der Waals surface area contributed by atoms with E-state index in [9.17, 15) is 8.42 Å². The first-order valence-corrected chi connectivity index (χ1v) is 12.3. The molecule has 29 heavy (non-hydrogen) atoms. The third-order valence-electron chi connectivity index (χ3n) is 4.79. The van der Waals surface area contributed by atoms with Crippen LogP contribution in [0.25, 0.3) is 0 Å². The highest BCUT2D eigenvalue weighted by Crippen LogP contribution is 2.37. The SMILES string of the molecule is CCCCCCOc1cccc(S(=O)(=O)c2ccccc2)c1OCCCCCC. The number of benzene rings is 2. The molecule has 2 aromatic rings. The van der Waals surface area contributed by atoms with E-state index in [4.69, 9.17) is 9.47 Å². The molecule has 0 amide bonds. The Kier molecular flexibility index (Phi) is 10.1. The van der Waals surface area contributed by atoms with Crippen LogP contribution in [0.4, 0.5) is 0 Å². The Morgan fingerprint density at radius 1 is 0.690 bits per heavy atom. The van der Waals surface area contributed by atoms with Gasteiger partial charge in [-0.05, 0) is 37.1 Å². The molecule has 0 spiro atoms. The van der Waals surface area contributed by atoms with Gasteiger partial charge in [-0.2, -0.15) is 0 Å². The van der Waals surface area contributed by atoms with Gasteiger partial charge in [0.1, 0.15) is 4.90 Å². The standard InChI is InChI=1S/C24H34O4S/c1-3-5-7-12-19-27-22-17-14-18-23(24(22)28-20-13-8-6-4-2)29(25,26)21-15-10-9-11-16-21/h9-11,14-18H,3-8,12-13,19-20H2,1-2H3. The van der Waals surface area contributed by atoms with E-state index < -0.39 is 9.84 Å². The second-order valence-corrected chi connectivity index (χ2v) is 9.14. The molecule has 2 aromatic carbocycles. The minimum Gasteiger partial charge on any atom is -0.490 e. The van der Waals surface area contributed by atoms with Crippen LogP contribution >= 0.6 is 0 Å². The average molecular weight is 419 g/mol. The van der Waals surface area contributed by atoms with Gasteiger partial charge in [0.15, 0.2) is 11.5 Å².